The van der Waals surface area contributed by atoms with Crippen molar-refractivity contribution in [2.45, 2.75) is 36.0 Å². The van der Waals surface area contributed by atoms with E-state index in [1.807, 2.05) is 6.07 Å². The first kappa shape index (κ1) is 13.8. The predicted molar refractivity (Wildman–Crippen MR) is 74.5 cm³/mol. The first-order chi connectivity index (χ1) is 10.3. The number of nitriles is 1. The highest BCUT2D eigenvalue weighted by Gasteiger charge is 2.88. The third-order valence-electron chi connectivity index (χ3n) is 4.68. The fourth-order valence-corrected chi connectivity index (χ4v) is 4.38. The zero-order valence-electron chi connectivity index (χ0n) is 11.3. The Morgan fingerprint density at radius 1 is 1.55 bits per heavy atom. The van der Waals surface area contributed by atoms with Crippen LogP contribution in [0.25, 0.3) is 10.9 Å². The molecular formula is C13H11FN4O3S. The zero-order valence-corrected chi connectivity index (χ0v) is 12.1. The largest absolute Gasteiger partial charge is 0.387 e. The van der Waals surface area contributed by atoms with Crippen LogP contribution in [0, 0.1) is 11.3 Å². The van der Waals surface area contributed by atoms with Crippen LogP contribution in [-0.4, -0.2) is 43.7 Å². The topological polar surface area (TPSA) is 125 Å². The van der Waals surface area contributed by atoms with E-state index >= 15 is 4.39 Å². The highest BCUT2D eigenvalue weighted by atomic mass is 32.1. The molecule has 0 spiro atoms. The van der Waals surface area contributed by atoms with Crippen molar-refractivity contribution in [3.05, 3.63) is 16.6 Å². The summed E-state index contributed by atoms with van der Waals surface area (Å²) in [5.41, 5.74) is -0.599. The number of nitrogens with zero attached hydrogens (tertiary/aromatic N) is 3. The van der Waals surface area contributed by atoms with Crippen LogP contribution in [0.1, 0.15) is 11.8 Å². The molecule has 7 nitrogen and oxygen atoms in total. The Hall–Kier alpha value is -1.86. The second-order valence-corrected chi connectivity index (χ2v) is 6.57. The monoisotopic (exact) mass is 322 g/mol. The van der Waals surface area contributed by atoms with Crippen LogP contribution >= 0.6 is 11.3 Å². The summed E-state index contributed by atoms with van der Waals surface area (Å²) < 4.78 is 20.8. The summed E-state index contributed by atoms with van der Waals surface area (Å²) in [7, 11) is 0. The van der Waals surface area contributed by atoms with Crippen LogP contribution in [0.2, 0.25) is 0 Å². The summed E-state index contributed by atoms with van der Waals surface area (Å²) in [6, 6.07) is 1.83. The molecule has 1 unspecified atom stereocenters. The lowest BCUT2D eigenvalue weighted by Crippen LogP contribution is -2.53. The second-order valence-electron chi connectivity index (χ2n) is 5.69. The van der Waals surface area contributed by atoms with Gasteiger partial charge in [0.15, 0.2) is 11.3 Å². The van der Waals surface area contributed by atoms with Crippen LogP contribution in [0.3, 0.4) is 0 Å². The lowest BCUT2D eigenvalue weighted by Gasteiger charge is -2.35. The first-order valence-corrected chi connectivity index (χ1v) is 7.36. The number of ether oxygens (including phenoxy) is 1. The van der Waals surface area contributed by atoms with E-state index in [9.17, 15) is 15.5 Å². The lowest BCUT2D eigenvalue weighted by atomic mass is 9.80. The maximum Gasteiger partial charge on any atom is 0.228 e. The van der Waals surface area contributed by atoms with E-state index in [1.165, 1.54) is 6.33 Å². The Bertz CT molecular complexity index is 849. The van der Waals surface area contributed by atoms with Gasteiger partial charge in [-0.15, -0.1) is 11.3 Å². The standard InChI is InChI=1S/C13H11FN4O3S/c1-11(14)12(3-15,21-8-7(19)13(8,11)20)9-6-5(2-22-9)10(16)18-4-17-6/h2,4,7-8,19-20H,1H3,(H2,16,17,18)/t7?,8-,11+,12+,13-/m1/s1. The summed E-state index contributed by atoms with van der Waals surface area (Å²) in [4.78, 5) is 8.12. The van der Waals surface area contributed by atoms with E-state index in [-0.39, 0.29) is 10.7 Å². The van der Waals surface area contributed by atoms with Crippen molar-refractivity contribution in [2.24, 2.45) is 0 Å². The van der Waals surface area contributed by atoms with Gasteiger partial charge in [-0.1, -0.05) is 0 Å². The van der Waals surface area contributed by atoms with Gasteiger partial charge >= 0.3 is 0 Å². The van der Waals surface area contributed by atoms with E-state index in [4.69, 9.17) is 10.5 Å². The average molecular weight is 322 g/mol. The third kappa shape index (κ3) is 1.18. The van der Waals surface area contributed by atoms with E-state index in [1.54, 1.807) is 5.38 Å². The van der Waals surface area contributed by atoms with Gasteiger partial charge < -0.3 is 20.7 Å². The van der Waals surface area contributed by atoms with Crippen molar-refractivity contribution in [1.82, 2.24) is 9.97 Å². The molecule has 4 N–H and O–H groups in total. The number of anilines is 1. The SMILES string of the molecule is C[C@]1(F)[C@](C#N)(c2scc3c(N)ncnc23)O[C@@H]2C(O)[C@@]21O. The molecule has 1 saturated carbocycles. The predicted octanol–water partition coefficient (Wildman–Crippen LogP) is 0.225. The number of aromatic nitrogens is 2. The Balaban J connectivity index is 1.97. The van der Waals surface area contributed by atoms with Gasteiger partial charge in [-0.05, 0) is 6.92 Å². The third-order valence-corrected chi connectivity index (χ3v) is 5.75. The number of nitrogen functional groups attached to an aromatic ring is 1. The number of hydrogen-bond acceptors (Lipinski definition) is 8. The highest BCUT2D eigenvalue weighted by Crippen LogP contribution is 2.66. The van der Waals surface area contributed by atoms with Gasteiger partial charge in [0.1, 0.15) is 30.4 Å². The van der Waals surface area contributed by atoms with Crippen LogP contribution in [-0.2, 0) is 10.3 Å². The van der Waals surface area contributed by atoms with E-state index in [0.29, 0.717) is 10.9 Å². The van der Waals surface area contributed by atoms with E-state index in [2.05, 4.69) is 9.97 Å². The number of thiophene rings is 1. The van der Waals surface area contributed by atoms with Crippen molar-refractivity contribution in [3.8, 4) is 6.07 Å². The smallest absolute Gasteiger partial charge is 0.228 e. The number of hydrogen-bond donors (Lipinski definition) is 3. The molecule has 4 rings (SSSR count). The zero-order chi connectivity index (χ0) is 15.9. The molecule has 3 heterocycles. The summed E-state index contributed by atoms with van der Waals surface area (Å²) in [6.45, 7) is 1.06. The van der Waals surface area contributed by atoms with Gasteiger partial charge in [-0.3, -0.25) is 0 Å². The number of fused-ring (bicyclic) bond motifs is 2. The summed E-state index contributed by atoms with van der Waals surface area (Å²) in [5.74, 6) is 0.211. The van der Waals surface area contributed by atoms with Crippen LogP contribution < -0.4 is 5.73 Å². The molecule has 0 bridgehead atoms. The maximum atomic E-state index is 15.4. The molecule has 1 saturated heterocycles. The molecule has 0 amide bonds. The molecule has 0 aromatic carbocycles. The Morgan fingerprint density at radius 3 is 2.86 bits per heavy atom. The average Bonchev–Trinajstić information content (AvgIpc) is 2.81. The molecule has 1 aliphatic heterocycles. The quantitative estimate of drug-likeness (QED) is 0.686. The molecule has 114 valence electrons. The van der Waals surface area contributed by atoms with Gasteiger partial charge in [-0.25, -0.2) is 14.4 Å². The Morgan fingerprint density at radius 2 is 2.27 bits per heavy atom. The molecule has 0 radical (unpaired) electrons. The van der Waals surface area contributed by atoms with Crippen molar-refractivity contribution in [3.63, 3.8) is 0 Å². The maximum absolute atomic E-state index is 15.4. The number of rotatable bonds is 1. The fraction of sp³-hybridized carbons (Fsp3) is 0.462. The van der Waals surface area contributed by atoms with E-state index in [0.717, 1.165) is 18.3 Å². The van der Waals surface area contributed by atoms with Gasteiger partial charge in [0.05, 0.1) is 15.8 Å². The number of aliphatic hydroxyl groups is 2. The fourth-order valence-electron chi connectivity index (χ4n) is 3.19. The second kappa shape index (κ2) is 3.72. The summed E-state index contributed by atoms with van der Waals surface area (Å²) in [5, 5.41) is 31.7. The van der Waals surface area contributed by atoms with Crippen molar-refractivity contribution >= 4 is 28.1 Å². The van der Waals surface area contributed by atoms with E-state index < -0.39 is 29.1 Å². The lowest BCUT2D eigenvalue weighted by molar-refractivity contribution is -0.122. The molecule has 1 aliphatic carbocycles. The number of nitrogens with two attached hydrogens (primary N) is 1. The molecule has 2 aliphatic rings. The Kier molecular flexibility index (Phi) is 2.33. The molecular weight excluding hydrogens is 311 g/mol. The molecule has 2 aromatic rings. The molecule has 2 fully saturated rings. The van der Waals surface area contributed by atoms with Gasteiger partial charge in [-0.2, -0.15) is 5.26 Å². The van der Waals surface area contributed by atoms with Gasteiger partial charge in [0.25, 0.3) is 0 Å². The number of alkyl halides is 1. The molecule has 9 heteroatoms. The van der Waals surface area contributed by atoms with Gasteiger partial charge in [0.2, 0.25) is 5.60 Å². The van der Waals surface area contributed by atoms with Crippen molar-refractivity contribution in [1.29, 1.82) is 5.26 Å². The van der Waals surface area contributed by atoms with Crippen LogP contribution in [0.4, 0.5) is 10.2 Å². The van der Waals surface area contributed by atoms with Crippen molar-refractivity contribution < 1.29 is 19.3 Å². The highest BCUT2D eigenvalue weighted by molar-refractivity contribution is 7.11. The van der Waals surface area contributed by atoms with Crippen LogP contribution in [0.15, 0.2) is 11.7 Å². The molecule has 2 aromatic heterocycles. The summed E-state index contributed by atoms with van der Waals surface area (Å²) >= 11 is 1.06. The minimum Gasteiger partial charge on any atom is -0.387 e. The summed E-state index contributed by atoms with van der Waals surface area (Å²) in [6.07, 6.45) is -1.28. The number of halogens is 1. The molecule has 22 heavy (non-hydrogen) atoms. The number of aliphatic hydroxyl groups excluding tert-OH is 1. The minimum atomic E-state index is -2.50. The molecule has 5 atom stereocenters. The minimum absolute atomic E-state index is 0.205. The van der Waals surface area contributed by atoms with Crippen LogP contribution in [0.5, 0.6) is 0 Å². The van der Waals surface area contributed by atoms with Gasteiger partial charge in [0, 0.05) is 5.38 Å². The normalized spacial score (nSPS) is 43.0. The Labute approximate surface area is 127 Å². The first-order valence-electron chi connectivity index (χ1n) is 6.48. The van der Waals surface area contributed by atoms with Crippen molar-refractivity contribution in [2.75, 3.05) is 5.73 Å².